The molecular weight excluding hydrogens is 580 g/mol. The Hall–Kier alpha value is -4.85. The van der Waals surface area contributed by atoms with Crippen molar-refractivity contribution in [1.29, 1.82) is 0 Å². The lowest BCUT2D eigenvalue weighted by atomic mass is 9.87. The number of hydrogen-bond donors (Lipinski definition) is 2. The fraction of sp³-hybridized carbons (Fsp3) is 0.333. The van der Waals surface area contributed by atoms with Crippen molar-refractivity contribution in [1.82, 2.24) is 39.7 Å². The summed E-state index contributed by atoms with van der Waals surface area (Å²) in [5, 5.41) is 12.6. The molecule has 2 aliphatic heterocycles. The van der Waals surface area contributed by atoms with Gasteiger partial charge in [-0.15, -0.1) is 10.2 Å². The molecule has 226 valence electrons. The number of piperidine rings is 1. The molecule has 14 heteroatoms. The molecule has 1 amide bonds. The maximum atomic E-state index is 13.5. The lowest BCUT2D eigenvalue weighted by molar-refractivity contribution is 0.0556. The quantitative estimate of drug-likeness (QED) is 0.290. The molecule has 2 aliphatic rings. The van der Waals surface area contributed by atoms with Crippen LogP contribution in [0.4, 0.5) is 11.8 Å². The molecule has 44 heavy (non-hydrogen) atoms. The SMILES string of the molecule is CN(C)c1nnc(C(=O)N2[C@@H]3CC[C@H]2C[C@@H](c2nc4c(-c5ccc(-c6ccccc6)nc5)cnn4c(N)c2S(C)(=O)=O)C3)[nH]1. The maximum absolute atomic E-state index is 13.5. The predicted octanol–water partition coefficient (Wildman–Crippen LogP) is 3.18. The van der Waals surface area contributed by atoms with Crippen LogP contribution in [0.2, 0.25) is 0 Å². The summed E-state index contributed by atoms with van der Waals surface area (Å²) in [5.74, 6) is 0.300. The van der Waals surface area contributed by atoms with Gasteiger partial charge < -0.3 is 20.5 Å². The molecule has 2 fully saturated rings. The number of amides is 1. The number of nitrogen functional groups attached to an aromatic ring is 1. The highest BCUT2D eigenvalue weighted by molar-refractivity contribution is 7.91. The van der Waals surface area contributed by atoms with Crippen molar-refractivity contribution in [3.8, 4) is 22.4 Å². The summed E-state index contributed by atoms with van der Waals surface area (Å²) < 4.78 is 27.7. The van der Waals surface area contributed by atoms with E-state index in [-0.39, 0.29) is 40.4 Å². The second-order valence-corrected chi connectivity index (χ2v) is 13.7. The van der Waals surface area contributed by atoms with Gasteiger partial charge in [-0.3, -0.25) is 9.78 Å². The first-order valence-electron chi connectivity index (χ1n) is 14.4. The lowest BCUT2D eigenvalue weighted by Gasteiger charge is -2.38. The van der Waals surface area contributed by atoms with Gasteiger partial charge in [0.25, 0.3) is 5.91 Å². The number of anilines is 2. The number of rotatable bonds is 6. The molecule has 3 N–H and O–H groups in total. The van der Waals surface area contributed by atoms with Crippen LogP contribution in [-0.2, 0) is 9.84 Å². The molecule has 3 atom stereocenters. The van der Waals surface area contributed by atoms with Gasteiger partial charge in [0.2, 0.25) is 11.8 Å². The fourth-order valence-corrected chi connectivity index (χ4v) is 7.67. The highest BCUT2D eigenvalue weighted by Crippen LogP contribution is 2.45. The van der Waals surface area contributed by atoms with Crippen LogP contribution in [0.25, 0.3) is 28.0 Å². The van der Waals surface area contributed by atoms with Crippen molar-refractivity contribution < 1.29 is 13.2 Å². The Morgan fingerprint density at radius 2 is 1.73 bits per heavy atom. The van der Waals surface area contributed by atoms with Gasteiger partial charge in [-0.1, -0.05) is 36.4 Å². The third-order valence-electron chi connectivity index (χ3n) is 8.63. The Bertz CT molecular complexity index is 1970. The molecule has 1 aromatic carbocycles. The first-order valence-corrected chi connectivity index (χ1v) is 16.3. The van der Waals surface area contributed by atoms with E-state index < -0.39 is 9.84 Å². The Morgan fingerprint density at radius 3 is 2.34 bits per heavy atom. The number of H-pyrrole nitrogens is 1. The van der Waals surface area contributed by atoms with Crippen molar-refractivity contribution in [2.45, 2.75) is 48.6 Å². The summed E-state index contributed by atoms with van der Waals surface area (Å²) in [7, 11) is -0.117. The molecule has 7 rings (SSSR count). The summed E-state index contributed by atoms with van der Waals surface area (Å²) in [6, 6.07) is 13.6. The van der Waals surface area contributed by atoms with Crippen LogP contribution >= 0.6 is 0 Å². The van der Waals surface area contributed by atoms with Gasteiger partial charge in [0.05, 0.1) is 17.6 Å². The van der Waals surface area contributed by atoms with E-state index in [1.165, 1.54) is 4.52 Å². The molecule has 2 bridgehead atoms. The zero-order valence-corrected chi connectivity index (χ0v) is 25.4. The minimum atomic E-state index is -3.76. The Morgan fingerprint density at radius 1 is 1.00 bits per heavy atom. The minimum absolute atomic E-state index is 0.00719. The van der Waals surface area contributed by atoms with Crippen molar-refractivity contribution >= 4 is 33.2 Å². The Labute approximate surface area is 254 Å². The fourth-order valence-electron chi connectivity index (χ4n) is 6.62. The van der Waals surface area contributed by atoms with E-state index in [4.69, 9.17) is 10.7 Å². The maximum Gasteiger partial charge on any atom is 0.292 e. The van der Waals surface area contributed by atoms with Gasteiger partial charge in [-0.2, -0.15) is 9.61 Å². The highest BCUT2D eigenvalue weighted by Gasteiger charge is 2.46. The number of sulfone groups is 1. The van der Waals surface area contributed by atoms with Crippen LogP contribution < -0.4 is 10.6 Å². The lowest BCUT2D eigenvalue weighted by Crippen LogP contribution is -2.46. The van der Waals surface area contributed by atoms with E-state index in [9.17, 15) is 13.2 Å². The van der Waals surface area contributed by atoms with E-state index in [1.807, 2.05) is 61.5 Å². The van der Waals surface area contributed by atoms with Crippen molar-refractivity contribution in [3.05, 3.63) is 66.4 Å². The Balaban J connectivity index is 1.25. The number of nitrogens with two attached hydrogens (primary N) is 1. The third-order valence-corrected chi connectivity index (χ3v) is 9.79. The molecule has 0 radical (unpaired) electrons. The van der Waals surface area contributed by atoms with Crippen LogP contribution in [-0.4, -0.2) is 86.4 Å². The Kier molecular flexibility index (Phi) is 6.61. The molecule has 0 unspecified atom stereocenters. The molecule has 4 aromatic heterocycles. The first-order chi connectivity index (χ1) is 21.1. The number of nitrogens with one attached hydrogen (secondary N) is 1. The van der Waals surface area contributed by atoms with Crippen LogP contribution in [0, 0.1) is 0 Å². The molecule has 0 aliphatic carbocycles. The minimum Gasteiger partial charge on any atom is -0.382 e. The smallest absolute Gasteiger partial charge is 0.292 e. The van der Waals surface area contributed by atoms with Gasteiger partial charge in [-0.25, -0.2) is 13.4 Å². The number of aromatic amines is 1. The van der Waals surface area contributed by atoms with Crippen molar-refractivity contribution in [2.75, 3.05) is 31.0 Å². The molecule has 2 saturated heterocycles. The molecule has 6 heterocycles. The molecule has 13 nitrogen and oxygen atoms in total. The third kappa shape index (κ3) is 4.65. The summed E-state index contributed by atoms with van der Waals surface area (Å²) in [5.41, 5.74) is 10.7. The van der Waals surface area contributed by atoms with Crippen LogP contribution in [0.15, 0.2) is 59.8 Å². The van der Waals surface area contributed by atoms with E-state index in [2.05, 4.69) is 25.3 Å². The molecule has 0 saturated carbocycles. The number of carbonyl (C=O) groups is 1. The summed E-state index contributed by atoms with van der Waals surface area (Å²) in [6.07, 6.45) is 7.27. The van der Waals surface area contributed by atoms with E-state index in [1.54, 1.807) is 17.3 Å². The standard InChI is InChI=1S/C30H32N10O3S/c1-38(2)30-35-27(36-37-30)29(41)39-20-10-11-21(39)14-19(13-20)24-25(44(3,42)43)26(31)40-28(34-24)22(16-33-40)18-9-12-23(32-15-18)17-7-5-4-6-8-17/h4-9,12,15-16,19-21H,10-11,13-14,31H2,1-3H3,(H,35,36,37)/t19-,20+,21-. The topological polar surface area (TPSA) is 168 Å². The first kappa shape index (κ1) is 28.0. The van der Waals surface area contributed by atoms with Crippen molar-refractivity contribution in [2.24, 2.45) is 0 Å². The average Bonchev–Trinajstić information content (AvgIpc) is 3.73. The zero-order valence-electron chi connectivity index (χ0n) is 24.5. The van der Waals surface area contributed by atoms with Gasteiger partial charge in [-0.05, 0) is 31.7 Å². The number of nitrogens with zero attached hydrogens (tertiary/aromatic N) is 8. The summed E-state index contributed by atoms with van der Waals surface area (Å²) in [6.45, 7) is 0. The second kappa shape index (κ2) is 10.4. The molecule has 0 spiro atoms. The largest absolute Gasteiger partial charge is 0.382 e. The van der Waals surface area contributed by atoms with Gasteiger partial charge >= 0.3 is 0 Å². The zero-order chi connectivity index (χ0) is 30.7. The average molecular weight is 613 g/mol. The molecular formula is C30H32N10O3S. The van der Waals surface area contributed by atoms with E-state index in [0.29, 0.717) is 35.7 Å². The predicted molar refractivity (Wildman–Crippen MR) is 165 cm³/mol. The van der Waals surface area contributed by atoms with Crippen LogP contribution in [0.3, 0.4) is 0 Å². The van der Waals surface area contributed by atoms with E-state index in [0.717, 1.165) is 35.9 Å². The number of pyridine rings is 1. The summed E-state index contributed by atoms with van der Waals surface area (Å²) >= 11 is 0. The summed E-state index contributed by atoms with van der Waals surface area (Å²) in [4.78, 5) is 29.7. The number of carbonyl (C=O) groups excluding carboxylic acids is 1. The highest BCUT2D eigenvalue weighted by atomic mass is 32.2. The van der Waals surface area contributed by atoms with Gasteiger partial charge in [0.1, 0.15) is 10.7 Å². The number of aromatic nitrogens is 7. The van der Waals surface area contributed by atoms with Gasteiger partial charge in [0, 0.05) is 61.2 Å². The van der Waals surface area contributed by atoms with Crippen molar-refractivity contribution in [3.63, 3.8) is 0 Å². The normalized spacial score (nSPS) is 19.9. The van der Waals surface area contributed by atoms with Gasteiger partial charge in [0.15, 0.2) is 15.5 Å². The number of hydrogen-bond acceptors (Lipinski definition) is 10. The van der Waals surface area contributed by atoms with Crippen LogP contribution in [0.1, 0.15) is 47.9 Å². The molecule has 5 aromatic rings. The van der Waals surface area contributed by atoms with E-state index >= 15 is 0 Å². The monoisotopic (exact) mass is 612 g/mol. The number of fused-ring (bicyclic) bond motifs is 3. The number of benzene rings is 1. The second-order valence-electron chi connectivity index (χ2n) is 11.7. The van der Waals surface area contributed by atoms with Crippen LogP contribution in [0.5, 0.6) is 0 Å².